The first-order valence-corrected chi connectivity index (χ1v) is 8.84. The molecule has 0 radical (unpaired) electrons. The summed E-state index contributed by atoms with van der Waals surface area (Å²) in [6.45, 7) is 0.387. The Hall–Kier alpha value is -1.40. The summed E-state index contributed by atoms with van der Waals surface area (Å²) >= 11 is 0. The van der Waals surface area contributed by atoms with Crippen LogP contribution in [-0.4, -0.2) is 31.3 Å². The second kappa shape index (κ2) is 5.42. The van der Waals surface area contributed by atoms with Crippen molar-refractivity contribution in [3.05, 3.63) is 29.8 Å². The van der Waals surface area contributed by atoms with E-state index in [1.165, 1.54) is 0 Å². The lowest BCUT2D eigenvalue weighted by Crippen LogP contribution is -2.30. The first kappa shape index (κ1) is 14.5. The number of hydrogen-bond donors (Lipinski definition) is 2. The van der Waals surface area contributed by atoms with Gasteiger partial charge in [0, 0.05) is 12.6 Å². The SMILES string of the molecule is O=C(O)C1CNC(c2ccccc2S(=O)(=O)C2CCC2)C1. The number of sulfone groups is 1. The highest BCUT2D eigenvalue weighted by molar-refractivity contribution is 7.92. The van der Waals surface area contributed by atoms with E-state index in [0.717, 1.165) is 19.3 Å². The van der Waals surface area contributed by atoms with Gasteiger partial charge in [-0.1, -0.05) is 24.6 Å². The van der Waals surface area contributed by atoms with E-state index in [4.69, 9.17) is 5.11 Å². The minimum atomic E-state index is -3.30. The first-order chi connectivity index (χ1) is 10.00. The molecule has 2 N–H and O–H groups in total. The van der Waals surface area contributed by atoms with Crippen LogP contribution in [0.5, 0.6) is 0 Å². The topological polar surface area (TPSA) is 83.5 Å². The molecule has 2 atom stereocenters. The number of benzene rings is 1. The predicted octanol–water partition coefficient (Wildman–Crippen LogP) is 1.75. The summed E-state index contributed by atoms with van der Waals surface area (Å²) in [5.74, 6) is -1.28. The van der Waals surface area contributed by atoms with Crippen LogP contribution in [0.1, 0.15) is 37.3 Å². The van der Waals surface area contributed by atoms with Crippen LogP contribution in [-0.2, 0) is 14.6 Å². The Morgan fingerprint density at radius 2 is 1.95 bits per heavy atom. The van der Waals surface area contributed by atoms with Gasteiger partial charge in [0.05, 0.1) is 16.1 Å². The smallest absolute Gasteiger partial charge is 0.307 e. The molecule has 1 aromatic rings. The van der Waals surface area contributed by atoms with E-state index in [-0.39, 0.29) is 11.3 Å². The molecule has 2 aliphatic rings. The van der Waals surface area contributed by atoms with Gasteiger partial charge < -0.3 is 10.4 Å². The lowest BCUT2D eigenvalue weighted by Gasteiger charge is -2.27. The molecule has 1 saturated heterocycles. The van der Waals surface area contributed by atoms with Crippen LogP contribution in [0.3, 0.4) is 0 Å². The standard InChI is InChI=1S/C15H19NO4S/c17-15(18)10-8-13(16-9-10)12-6-1-2-7-14(12)21(19,20)11-4-3-5-11/h1-2,6-7,10-11,13,16H,3-5,8-9H2,(H,17,18). The van der Waals surface area contributed by atoms with Gasteiger partial charge in [-0.3, -0.25) is 4.79 Å². The summed E-state index contributed by atoms with van der Waals surface area (Å²) in [4.78, 5) is 11.4. The maximum atomic E-state index is 12.7. The normalized spacial score (nSPS) is 26.5. The van der Waals surface area contributed by atoms with E-state index in [9.17, 15) is 13.2 Å². The zero-order chi connectivity index (χ0) is 15.0. The Labute approximate surface area is 124 Å². The molecule has 1 aromatic carbocycles. The Morgan fingerprint density at radius 1 is 1.24 bits per heavy atom. The number of carboxylic acid groups (broad SMARTS) is 1. The molecule has 1 aliphatic carbocycles. The Morgan fingerprint density at radius 3 is 2.52 bits per heavy atom. The molecular weight excluding hydrogens is 290 g/mol. The van der Waals surface area contributed by atoms with E-state index in [1.54, 1.807) is 18.2 Å². The number of aliphatic carboxylic acids is 1. The van der Waals surface area contributed by atoms with Crippen LogP contribution in [0.15, 0.2) is 29.2 Å². The molecule has 0 spiro atoms. The average Bonchev–Trinajstić information content (AvgIpc) is 2.85. The van der Waals surface area contributed by atoms with Crippen LogP contribution in [0, 0.1) is 5.92 Å². The van der Waals surface area contributed by atoms with Crippen molar-refractivity contribution in [2.24, 2.45) is 5.92 Å². The van der Waals surface area contributed by atoms with E-state index in [1.807, 2.05) is 6.07 Å². The third-order valence-electron chi connectivity index (χ3n) is 4.57. The van der Waals surface area contributed by atoms with Crippen molar-refractivity contribution in [2.75, 3.05) is 6.54 Å². The third-order valence-corrected chi connectivity index (χ3v) is 6.91. The van der Waals surface area contributed by atoms with Gasteiger partial charge in [0.15, 0.2) is 9.84 Å². The lowest BCUT2D eigenvalue weighted by atomic mass is 10.00. The highest BCUT2D eigenvalue weighted by atomic mass is 32.2. The summed E-state index contributed by atoms with van der Waals surface area (Å²) < 4.78 is 25.3. The van der Waals surface area contributed by atoms with Crippen molar-refractivity contribution in [3.8, 4) is 0 Å². The maximum absolute atomic E-state index is 12.7. The molecule has 6 heteroatoms. The molecule has 1 aliphatic heterocycles. The van der Waals surface area contributed by atoms with Crippen molar-refractivity contribution in [3.63, 3.8) is 0 Å². The van der Waals surface area contributed by atoms with Crippen LogP contribution in [0.2, 0.25) is 0 Å². The molecule has 1 heterocycles. The van der Waals surface area contributed by atoms with E-state index in [0.29, 0.717) is 23.4 Å². The van der Waals surface area contributed by atoms with Crippen molar-refractivity contribution in [1.82, 2.24) is 5.32 Å². The summed E-state index contributed by atoms with van der Waals surface area (Å²) in [5.41, 5.74) is 0.716. The van der Waals surface area contributed by atoms with Crippen LogP contribution in [0.4, 0.5) is 0 Å². The highest BCUT2D eigenvalue weighted by Crippen LogP contribution is 2.37. The molecule has 0 aromatic heterocycles. The predicted molar refractivity (Wildman–Crippen MR) is 77.8 cm³/mol. The van der Waals surface area contributed by atoms with Crippen LogP contribution < -0.4 is 5.32 Å². The molecule has 21 heavy (non-hydrogen) atoms. The highest BCUT2D eigenvalue weighted by Gasteiger charge is 2.37. The number of carboxylic acids is 1. The van der Waals surface area contributed by atoms with Gasteiger partial charge in [0.25, 0.3) is 0 Å². The van der Waals surface area contributed by atoms with Gasteiger partial charge in [-0.05, 0) is 30.9 Å². The fourth-order valence-corrected chi connectivity index (χ4v) is 5.17. The summed E-state index contributed by atoms with van der Waals surface area (Å²) in [6, 6.07) is 6.80. The molecule has 0 amide bonds. The molecule has 5 nitrogen and oxygen atoms in total. The molecule has 2 fully saturated rings. The van der Waals surface area contributed by atoms with Crippen molar-refractivity contribution >= 4 is 15.8 Å². The quantitative estimate of drug-likeness (QED) is 0.885. The zero-order valence-corrected chi connectivity index (χ0v) is 12.5. The van der Waals surface area contributed by atoms with Gasteiger partial charge in [-0.25, -0.2) is 8.42 Å². The van der Waals surface area contributed by atoms with Crippen LogP contribution >= 0.6 is 0 Å². The molecule has 2 unspecified atom stereocenters. The second-order valence-electron chi connectivity index (χ2n) is 5.87. The van der Waals surface area contributed by atoms with Gasteiger partial charge >= 0.3 is 5.97 Å². The third kappa shape index (κ3) is 2.58. The lowest BCUT2D eigenvalue weighted by molar-refractivity contribution is -0.141. The maximum Gasteiger partial charge on any atom is 0.307 e. The first-order valence-electron chi connectivity index (χ1n) is 7.29. The molecular formula is C15H19NO4S. The van der Waals surface area contributed by atoms with Gasteiger partial charge in [0.2, 0.25) is 0 Å². The number of nitrogens with one attached hydrogen (secondary N) is 1. The van der Waals surface area contributed by atoms with Crippen molar-refractivity contribution < 1.29 is 18.3 Å². The summed E-state index contributed by atoms with van der Waals surface area (Å²) in [5, 5.41) is 12.0. The zero-order valence-electron chi connectivity index (χ0n) is 11.7. The monoisotopic (exact) mass is 309 g/mol. The van der Waals surface area contributed by atoms with Gasteiger partial charge in [-0.2, -0.15) is 0 Å². The number of hydrogen-bond acceptors (Lipinski definition) is 4. The summed E-state index contributed by atoms with van der Waals surface area (Å²) in [6.07, 6.45) is 2.86. The minimum Gasteiger partial charge on any atom is -0.481 e. The average molecular weight is 309 g/mol. The van der Waals surface area contributed by atoms with E-state index >= 15 is 0 Å². The molecule has 1 saturated carbocycles. The molecule has 114 valence electrons. The number of rotatable bonds is 4. The van der Waals surface area contributed by atoms with E-state index in [2.05, 4.69) is 5.32 Å². The van der Waals surface area contributed by atoms with Crippen LogP contribution in [0.25, 0.3) is 0 Å². The van der Waals surface area contributed by atoms with E-state index < -0.39 is 21.7 Å². The fraction of sp³-hybridized carbons (Fsp3) is 0.533. The Balaban J connectivity index is 1.92. The minimum absolute atomic E-state index is 0.197. The van der Waals surface area contributed by atoms with Crippen molar-refractivity contribution in [1.29, 1.82) is 0 Å². The number of carbonyl (C=O) groups is 1. The molecule has 3 rings (SSSR count). The largest absolute Gasteiger partial charge is 0.481 e. The molecule has 0 bridgehead atoms. The summed E-state index contributed by atoms with van der Waals surface area (Å²) in [7, 11) is -3.30. The fourth-order valence-electron chi connectivity index (χ4n) is 3.05. The second-order valence-corrected chi connectivity index (χ2v) is 8.06. The van der Waals surface area contributed by atoms with Gasteiger partial charge in [0.1, 0.15) is 0 Å². The Kier molecular flexibility index (Phi) is 3.75. The Bertz CT molecular complexity index is 651. The van der Waals surface area contributed by atoms with Crippen molar-refractivity contribution in [2.45, 2.75) is 41.9 Å². The van der Waals surface area contributed by atoms with Gasteiger partial charge in [-0.15, -0.1) is 0 Å².